The molecule has 6 nitrogen and oxygen atoms in total. The molecule has 0 unspecified atom stereocenters. The molecule has 1 amide bonds. The molecule has 0 aliphatic carbocycles. The number of nitrogens with one attached hydrogen (secondary N) is 1. The molecule has 2 aromatic rings. The number of rotatable bonds is 3. The Morgan fingerprint density at radius 3 is 2.50 bits per heavy atom. The lowest BCUT2D eigenvalue weighted by Crippen LogP contribution is -2.27. The molecule has 1 aromatic heterocycles. The minimum Gasteiger partial charge on any atom is -0.497 e. The first-order chi connectivity index (χ1) is 10.2. The molecular formula is C15H17NO5S. The maximum absolute atomic E-state index is 11.9. The maximum atomic E-state index is 11.9. The highest BCUT2D eigenvalue weighted by Gasteiger charge is 2.23. The van der Waals surface area contributed by atoms with E-state index in [1.165, 1.54) is 7.11 Å². The fourth-order valence-electron chi connectivity index (χ4n) is 1.88. The van der Waals surface area contributed by atoms with Crippen LogP contribution in [-0.4, -0.2) is 29.9 Å². The van der Waals surface area contributed by atoms with Crippen molar-refractivity contribution in [3.05, 3.63) is 23.1 Å². The number of carboxylic acid groups (broad SMARTS) is 1. The first-order valence-corrected chi connectivity index (χ1v) is 7.37. The summed E-state index contributed by atoms with van der Waals surface area (Å²) in [6.45, 7) is 5.21. The Kier molecular flexibility index (Phi) is 4.27. The normalized spacial score (nSPS) is 11.3. The smallest absolute Gasteiger partial charge is 0.412 e. The van der Waals surface area contributed by atoms with Crippen molar-refractivity contribution >= 4 is 39.2 Å². The van der Waals surface area contributed by atoms with E-state index in [-0.39, 0.29) is 10.6 Å². The predicted octanol–water partition coefficient (Wildman–Crippen LogP) is 3.96. The van der Waals surface area contributed by atoms with E-state index in [4.69, 9.17) is 9.47 Å². The number of hydrogen-bond acceptors (Lipinski definition) is 5. The van der Waals surface area contributed by atoms with Crippen molar-refractivity contribution in [1.82, 2.24) is 0 Å². The highest BCUT2D eigenvalue weighted by molar-refractivity contribution is 7.21. The molecule has 0 fully saturated rings. The van der Waals surface area contributed by atoms with Gasteiger partial charge in [0.25, 0.3) is 0 Å². The van der Waals surface area contributed by atoms with Gasteiger partial charge in [0.2, 0.25) is 0 Å². The predicted molar refractivity (Wildman–Crippen MR) is 85.2 cm³/mol. The van der Waals surface area contributed by atoms with Gasteiger partial charge >= 0.3 is 12.1 Å². The van der Waals surface area contributed by atoms with Crippen LogP contribution in [0.5, 0.6) is 5.75 Å². The zero-order valence-electron chi connectivity index (χ0n) is 12.7. The van der Waals surface area contributed by atoms with E-state index in [0.717, 1.165) is 11.3 Å². The Labute approximate surface area is 131 Å². The van der Waals surface area contributed by atoms with E-state index in [9.17, 15) is 14.7 Å². The Morgan fingerprint density at radius 2 is 1.95 bits per heavy atom. The molecule has 0 spiro atoms. The summed E-state index contributed by atoms with van der Waals surface area (Å²) in [4.78, 5) is 23.4. The lowest BCUT2D eigenvalue weighted by atomic mass is 10.2. The maximum Gasteiger partial charge on any atom is 0.412 e. The summed E-state index contributed by atoms with van der Waals surface area (Å²) in [7, 11) is 1.53. The van der Waals surface area contributed by atoms with Crippen molar-refractivity contribution < 1.29 is 24.2 Å². The van der Waals surface area contributed by atoms with Crippen LogP contribution in [0.3, 0.4) is 0 Å². The van der Waals surface area contributed by atoms with Crippen LogP contribution in [0.1, 0.15) is 30.4 Å². The Balaban J connectivity index is 2.44. The number of anilines is 1. The number of thiophene rings is 1. The second-order valence-electron chi connectivity index (χ2n) is 5.60. The summed E-state index contributed by atoms with van der Waals surface area (Å²) < 4.78 is 11.0. The minimum atomic E-state index is -1.11. The molecular weight excluding hydrogens is 306 g/mol. The number of amides is 1. The standard InChI is InChI=1S/C15H17NO5S/c1-15(2,3)21-14(19)16-11-9-6-5-8(20-4)7-10(9)22-12(11)13(17)18/h5-7H,1-4H3,(H,16,19)(H,17,18). The Bertz CT molecular complexity index is 729. The van der Waals surface area contributed by atoms with Gasteiger partial charge in [-0.25, -0.2) is 9.59 Å². The lowest BCUT2D eigenvalue weighted by molar-refractivity contribution is 0.0636. The first kappa shape index (κ1) is 16.1. The van der Waals surface area contributed by atoms with Gasteiger partial charge in [0.15, 0.2) is 0 Å². The highest BCUT2D eigenvalue weighted by atomic mass is 32.1. The van der Waals surface area contributed by atoms with Gasteiger partial charge in [-0.2, -0.15) is 0 Å². The molecule has 0 aliphatic heterocycles. The number of carbonyl (C=O) groups is 2. The van der Waals surface area contributed by atoms with Gasteiger partial charge in [0.1, 0.15) is 16.2 Å². The van der Waals surface area contributed by atoms with Crippen molar-refractivity contribution in [3.63, 3.8) is 0 Å². The van der Waals surface area contributed by atoms with Gasteiger partial charge in [-0.3, -0.25) is 5.32 Å². The number of carboxylic acids is 1. The molecule has 0 atom stereocenters. The zero-order chi connectivity index (χ0) is 16.5. The summed E-state index contributed by atoms with van der Waals surface area (Å²) in [5.41, 5.74) is -0.424. The van der Waals surface area contributed by atoms with Gasteiger partial charge in [0, 0.05) is 10.1 Å². The number of ether oxygens (including phenoxy) is 2. The second kappa shape index (κ2) is 5.84. The van der Waals surface area contributed by atoms with Crippen LogP contribution in [0.4, 0.5) is 10.5 Å². The molecule has 0 saturated carbocycles. The third kappa shape index (κ3) is 3.48. The highest BCUT2D eigenvalue weighted by Crippen LogP contribution is 2.38. The minimum absolute atomic E-state index is 0.0501. The fourth-order valence-corrected chi connectivity index (χ4v) is 2.91. The quantitative estimate of drug-likeness (QED) is 0.893. The summed E-state index contributed by atoms with van der Waals surface area (Å²) in [5.74, 6) is -0.485. The molecule has 0 bridgehead atoms. The van der Waals surface area contributed by atoms with Crippen molar-refractivity contribution in [2.45, 2.75) is 26.4 Å². The number of benzene rings is 1. The SMILES string of the molecule is COc1ccc2c(NC(=O)OC(C)(C)C)c(C(=O)O)sc2c1. The van der Waals surface area contributed by atoms with Gasteiger partial charge in [-0.1, -0.05) is 0 Å². The zero-order valence-corrected chi connectivity index (χ0v) is 13.5. The average Bonchev–Trinajstić information content (AvgIpc) is 2.74. The fraction of sp³-hybridized carbons (Fsp3) is 0.333. The summed E-state index contributed by atoms with van der Waals surface area (Å²) in [5, 5.41) is 12.5. The van der Waals surface area contributed by atoms with Crippen LogP contribution in [-0.2, 0) is 4.74 Å². The summed E-state index contributed by atoms with van der Waals surface area (Å²) in [6, 6.07) is 5.15. The van der Waals surface area contributed by atoms with Crippen LogP contribution >= 0.6 is 11.3 Å². The van der Waals surface area contributed by atoms with Crippen LogP contribution < -0.4 is 10.1 Å². The molecule has 1 aromatic carbocycles. The number of fused-ring (bicyclic) bond motifs is 1. The van der Waals surface area contributed by atoms with E-state index in [0.29, 0.717) is 15.8 Å². The third-order valence-electron chi connectivity index (χ3n) is 2.72. The van der Waals surface area contributed by atoms with Gasteiger partial charge < -0.3 is 14.6 Å². The average molecular weight is 323 g/mol. The molecule has 2 rings (SSSR count). The van der Waals surface area contributed by atoms with Gasteiger partial charge in [-0.05, 0) is 39.0 Å². The molecule has 0 saturated heterocycles. The summed E-state index contributed by atoms with van der Waals surface area (Å²) >= 11 is 1.07. The van der Waals surface area contributed by atoms with E-state index < -0.39 is 17.7 Å². The second-order valence-corrected chi connectivity index (χ2v) is 6.65. The number of aromatic carboxylic acids is 1. The van der Waals surface area contributed by atoms with Crippen LogP contribution in [0.25, 0.3) is 10.1 Å². The van der Waals surface area contributed by atoms with Gasteiger partial charge in [-0.15, -0.1) is 11.3 Å². The monoisotopic (exact) mass is 323 g/mol. The molecule has 0 aliphatic rings. The van der Waals surface area contributed by atoms with Gasteiger partial charge in [0.05, 0.1) is 12.8 Å². The van der Waals surface area contributed by atoms with E-state index in [1.54, 1.807) is 39.0 Å². The summed E-state index contributed by atoms with van der Waals surface area (Å²) in [6.07, 6.45) is -0.689. The molecule has 7 heteroatoms. The third-order valence-corrected chi connectivity index (χ3v) is 3.86. The Hall–Kier alpha value is -2.28. The Morgan fingerprint density at radius 1 is 1.27 bits per heavy atom. The van der Waals surface area contributed by atoms with Crippen LogP contribution in [0, 0.1) is 0 Å². The van der Waals surface area contributed by atoms with Crippen molar-refractivity contribution in [2.75, 3.05) is 12.4 Å². The first-order valence-electron chi connectivity index (χ1n) is 6.55. The van der Waals surface area contributed by atoms with Crippen molar-refractivity contribution in [2.24, 2.45) is 0 Å². The van der Waals surface area contributed by atoms with Crippen LogP contribution in [0.15, 0.2) is 18.2 Å². The molecule has 22 heavy (non-hydrogen) atoms. The number of hydrogen-bond donors (Lipinski definition) is 2. The topological polar surface area (TPSA) is 84.9 Å². The largest absolute Gasteiger partial charge is 0.497 e. The van der Waals surface area contributed by atoms with E-state index >= 15 is 0 Å². The lowest BCUT2D eigenvalue weighted by Gasteiger charge is -2.19. The van der Waals surface area contributed by atoms with E-state index in [1.807, 2.05) is 0 Å². The molecule has 118 valence electrons. The molecule has 2 N–H and O–H groups in total. The van der Waals surface area contributed by atoms with Crippen molar-refractivity contribution in [3.8, 4) is 5.75 Å². The number of methoxy groups -OCH3 is 1. The van der Waals surface area contributed by atoms with E-state index in [2.05, 4.69) is 5.32 Å². The molecule has 1 heterocycles. The number of carbonyl (C=O) groups excluding carboxylic acids is 1. The van der Waals surface area contributed by atoms with Crippen LogP contribution in [0.2, 0.25) is 0 Å². The molecule has 0 radical (unpaired) electrons. The van der Waals surface area contributed by atoms with Crippen molar-refractivity contribution in [1.29, 1.82) is 0 Å².